The van der Waals surface area contributed by atoms with Crippen LogP contribution in [0.3, 0.4) is 0 Å². The van der Waals surface area contributed by atoms with E-state index in [0.29, 0.717) is 66.1 Å². The summed E-state index contributed by atoms with van der Waals surface area (Å²) in [5, 5.41) is 0. The Balaban J connectivity index is 2.95. The Morgan fingerprint density at radius 3 is 1.12 bits per heavy atom. The molecule has 0 aromatic rings. The molecule has 0 rings (SSSR count). The zero-order valence-corrected chi connectivity index (χ0v) is 17.2. The number of hydrogen-bond acceptors (Lipinski definition) is 6. The van der Waals surface area contributed by atoms with E-state index in [1.54, 1.807) is 0 Å². The molecule has 0 heterocycles. The maximum absolute atomic E-state index is 5.55. The molecule has 0 unspecified atom stereocenters. The molecule has 0 amide bonds. The first-order valence-electron chi connectivity index (χ1n) is 10.4. The van der Waals surface area contributed by atoms with E-state index in [1.807, 2.05) is 6.92 Å². The van der Waals surface area contributed by atoms with Gasteiger partial charge in [-0.2, -0.15) is 0 Å². The Morgan fingerprint density at radius 1 is 0.346 bits per heavy atom. The van der Waals surface area contributed by atoms with E-state index in [2.05, 4.69) is 6.92 Å². The second-order valence-corrected chi connectivity index (χ2v) is 6.03. The first kappa shape index (κ1) is 25.8. The monoisotopic (exact) mass is 378 g/mol. The van der Waals surface area contributed by atoms with Crippen LogP contribution in [0.2, 0.25) is 0 Å². The Kier molecular flexibility index (Phi) is 24.5. The fraction of sp³-hybridized carbons (Fsp3) is 1.00. The van der Waals surface area contributed by atoms with Gasteiger partial charge in [0.05, 0.1) is 66.1 Å². The maximum atomic E-state index is 5.55. The van der Waals surface area contributed by atoms with E-state index >= 15 is 0 Å². The summed E-state index contributed by atoms with van der Waals surface area (Å²) in [6, 6.07) is 0. The Labute approximate surface area is 160 Å². The standard InChI is InChI=1S/C20H42O6/c1-3-5-6-7-8-9-10-22-13-14-24-17-18-26-20-19-25-16-15-23-12-11-21-4-2/h3-20H2,1-2H3. The number of ether oxygens (including phenoxy) is 6. The third-order valence-corrected chi connectivity index (χ3v) is 3.71. The highest BCUT2D eigenvalue weighted by molar-refractivity contribution is 4.43. The average Bonchev–Trinajstić information content (AvgIpc) is 2.66. The van der Waals surface area contributed by atoms with Crippen molar-refractivity contribution in [3.05, 3.63) is 0 Å². The van der Waals surface area contributed by atoms with Crippen molar-refractivity contribution in [3.63, 3.8) is 0 Å². The van der Waals surface area contributed by atoms with Crippen LogP contribution >= 0.6 is 0 Å². The van der Waals surface area contributed by atoms with E-state index < -0.39 is 0 Å². The average molecular weight is 379 g/mol. The van der Waals surface area contributed by atoms with Crippen LogP contribution in [0.25, 0.3) is 0 Å². The van der Waals surface area contributed by atoms with Gasteiger partial charge in [0.1, 0.15) is 0 Å². The normalized spacial score (nSPS) is 11.3. The summed E-state index contributed by atoms with van der Waals surface area (Å²) >= 11 is 0. The molecule has 0 aliphatic carbocycles. The first-order valence-corrected chi connectivity index (χ1v) is 10.4. The largest absolute Gasteiger partial charge is 0.379 e. The van der Waals surface area contributed by atoms with Crippen LogP contribution in [0.15, 0.2) is 0 Å². The molecule has 0 spiro atoms. The summed E-state index contributed by atoms with van der Waals surface area (Å²) in [5.41, 5.74) is 0. The van der Waals surface area contributed by atoms with Crippen LogP contribution in [0, 0.1) is 0 Å². The molecule has 26 heavy (non-hydrogen) atoms. The molecule has 6 heteroatoms. The van der Waals surface area contributed by atoms with Crippen molar-refractivity contribution >= 4 is 0 Å². The highest BCUT2D eigenvalue weighted by Gasteiger charge is 1.94. The van der Waals surface area contributed by atoms with Gasteiger partial charge in [-0.05, 0) is 13.3 Å². The zero-order valence-electron chi connectivity index (χ0n) is 17.2. The van der Waals surface area contributed by atoms with Crippen molar-refractivity contribution in [3.8, 4) is 0 Å². The highest BCUT2D eigenvalue weighted by atomic mass is 16.6. The summed E-state index contributed by atoms with van der Waals surface area (Å²) in [6.45, 7) is 11.9. The fourth-order valence-electron chi connectivity index (χ4n) is 2.23. The molecule has 0 radical (unpaired) electrons. The van der Waals surface area contributed by atoms with E-state index in [9.17, 15) is 0 Å². The molecule has 6 nitrogen and oxygen atoms in total. The fourth-order valence-corrected chi connectivity index (χ4v) is 2.23. The lowest BCUT2D eigenvalue weighted by atomic mass is 10.1. The van der Waals surface area contributed by atoms with Gasteiger partial charge in [0, 0.05) is 13.2 Å². The third-order valence-electron chi connectivity index (χ3n) is 3.71. The molecule has 0 saturated carbocycles. The van der Waals surface area contributed by atoms with Crippen molar-refractivity contribution in [1.82, 2.24) is 0 Å². The van der Waals surface area contributed by atoms with Crippen molar-refractivity contribution in [2.75, 3.05) is 79.3 Å². The Hall–Kier alpha value is -0.240. The predicted octanol–water partition coefficient (Wildman–Crippen LogP) is 3.47. The maximum Gasteiger partial charge on any atom is 0.0701 e. The predicted molar refractivity (Wildman–Crippen MR) is 104 cm³/mol. The van der Waals surface area contributed by atoms with Gasteiger partial charge in [-0.1, -0.05) is 39.0 Å². The summed E-state index contributed by atoms with van der Waals surface area (Å²) in [6.07, 6.45) is 7.77. The van der Waals surface area contributed by atoms with Crippen molar-refractivity contribution in [2.24, 2.45) is 0 Å². The van der Waals surface area contributed by atoms with Crippen LogP contribution in [-0.4, -0.2) is 79.3 Å². The second-order valence-electron chi connectivity index (χ2n) is 6.03. The molecule has 158 valence electrons. The lowest BCUT2D eigenvalue weighted by Crippen LogP contribution is -2.14. The minimum Gasteiger partial charge on any atom is -0.379 e. The molecule has 0 aliphatic heterocycles. The Bertz CT molecular complexity index is 216. The molecule has 0 N–H and O–H groups in total. The molecule has 0 atom stereocenters. The highest BCUT2D eigenvalue weighted by Crippen LogP contribution is 2.04. The van der Waals surface area contributed by atoms with Crippen LogP contribution in [0.4, 0.5) is 0 Å². The van der Waals surface area contributed by atoms with E-state index in [-0.39, 0.29) is 0 Å². The van der Waals surface area contributed by atoms with Gasteiger partial charge in [0.25, 0.3) is 0 Å². The first-order chi connectivity index (χ1) is 12.9. The minimum atomic E-state index is 0.580. The number of unbranched alkanes of at least 4 members (excludes halogenated alkanes) is 5. The Morgan fingerprint density at radius 2 is 0.692 bits per heavy atom. The van der Waals surface area contributed by atoms with Gasteiger partial charge in [-0.15, -0.1) is 0 Å². The molecule has 0 aromatic carbocycles. The minimum absolute atomic E-state index is 0.580. The van der Waals surface area contributed by atoms with Crippen molar-refractivity contribution in [2.45, 2.75) is 52.4 Å². The van der Waals surface area contributed by atoms with Gasteiger partial charge in [0.15, 0.2) is 0 Å². The van der Waals surface area contributed by atoms with Crippen LogP contribution in [0.5, 0.6) is 0 Å². The van der Waals surface area contributed by atoms with Gasteiger partial charge >= 0.3 is 0 Å². The third kappa shape index (κ3) is 23.8. The van der Waals surface area contributed by atoms with E-state index in [1.165, 1.54) is 32.1 Å². The molecular weight excluding hydrogens is 336 g/mol. The molecule has 0 fully saturated rings. The van der Waals surface area contributed by atoms with Gasteiger partial charge in [-0.25, -0.2) is 0 Å². The number of rotatable bonds is 23. The van der Waals surface area contributed by atoms with Crippen molar-refractivity contribution < 1.29 is 28.4 Å². The quantitative estimate of drug-likeness (QED) is 0.254. The second kappa shape index (κ2) is 24.8. The van der Waals surface area contributed by atoms with Gasteiger partial charge in [-0.3, -0.25) is 0 Å². The summed E-state index contributed by atoms with van der Waals surface area (Å²) in [4.78, 5) is 0. The zero-order chi connectivity index (χ0) is 19.0. The van der Waals surface area contributed by atoms with E-state index in [0.717, 1.165) is 19.6 Å². The van der Waals surface area contributed by atoms with E-state index in [4.69, 9.17) is 28.4 Å². The topological polar surface area (TPSA) is 55.4 Å². The van der Waals surface area contributed by atoms with Gasteiger partial charge < -0.3 is 28.4 Å². The number of hydrogen-bond donors (Lipinski definition) is 0. The molecule has 0 aliphatic rings. The molecular formula is C20H42O6. The lowest BCUT2D eigenvalue weighted by molar-refractivity contribution is -0.0163. The molecule has 0 bridgehead atoms. The smallest absolute Gasteiger partial charge is 0.0701 e. The lowest BCUT2D eigenvalue weighted by Gasteiger charge is -2.08. The van der Waals surface area contributed by atoms with Crippen molar-refractivity contribution in [1.29, 1.82) is 0 Å². The summed E-state index contributed by atoms with van der Waals surface area (Å²) < 4.78 is 32.4. The van der Waals surface area contributed by atoms with Gasteiger partial charge in [0.2, 0.25) is 0 Å². The molecule has 0 saturated heterocycles. The van der Waals surface area contributed by atoms with Crippen LogP contribution < -0.4 is 0 Å². The molecule has 0 aromatic heterocycles. The summed E-state index contributed by atoms with van der Waals surface area (Å²) in [5.74, 6) is 0. The SMILES string of the molecule is CCCCCCCCOCCOCCOCCOCCOCCOCC. The van der Waals surface area contributed by atoms with Crippen LogP contribution in [-0.2, 0) is 28.4 Å². The summed E-state index contributed by atoms with van der Waals surface area (Å²) in [7, 11) is 0. The van der Waals surface area contributed by atoms with Crippen LogP contribution in [0.1, 0.15) is 52.4 Å².